The summed E-state index contributed by atoms with van der Waals surface area (Å²) < 4.78 is 1.72. The molecule has 0 N–H and O–H groups in total. The van der Waals surface area contributed by atoms with Gasteiger partial charge < -0.3 is 9.80 Å². The molecule has 1 atom stereocenters. The van der Waals surface area contributed by atoms with Gasteiger partial charge in [-0.1, -0.05) is 13.8 Å². The van der Waals surface area contributed by atoms with Crippen LogP contribution in [0, 0.1) is 0 Å². The molecule has 0 saturated carbocycles. The van der Waals surface area contributed by atoms with E-state index >= 15 is 0 Å². The molecule has 2 aromatic rings. The van der Waals surface area contributed by atoms with E-state index in [-0.39, 0.29) is 11.9 Å². The molecule has 0 aromatic carbocycles. The van der Waals surface area contributed by atoms with Gasteiger partial charge in [-0.25, -0.2) is 9.50 Å². The maximum atomic E-state index is 12.9. The van der Waals surface area contributed by atoms with Gasteiger partial charge in [0.25, 0.3) is 5.91 Å². The highest BCUT2D eigenvalue weighted by Crippen LogP contribution is 2.18. The van der Waals surface area contributed by atoms with Crippen LogP contribution >= 0.6 is 0 Å². The number of carbonyl (C=O) groups is 1. The minimum atomic E-state index is -0.000655. The topological polar surface area (TPSA) is 57.0 Å². The lowest BCUT2D eigenvalue weighted by Gasteiger charge is -2.23. The molecule has 1 amide bonds. The van der Waals surface area contributed by atoms with Crippen molar-refractivity contribution < 1.29 is 4.79 Å². The van der Waals surface area contributed by atoms with Crippen molar-refractivity contribution in [1.82, 2.24) is 29.3 Å². The van der Waals surface area contributed by atoms with Gasteiger partial charge >= 0.3 is 0 Å². The molecule has 1 fully saturated rings. The number of likely N-dealkylation sites (N-methyl/N-ethyl adjacent to an activating group) is 2. The van der Waals surface area contributed by atoms with Gasteiger partial charge in [0.1, 0.15) is 5.56 Å². The summed E-state index contributed by atoms with van der Waals surface area (Å²) in [6, 6.07) is 0.259. The Balaban J connectivity index is 1.79. The Morgan fingerprint density at radius 2 is 2.08 bits per heavy atom. The Bertz CT molecular complexity index is 738. The molecule has 136 valence electrons. The van der Waals surface area contributed by atoms with E-state index in [4.69, 9.17) is 0 Å². The maximum Gasteiger partial charge on any atom is 0.259 e. The van der Waals surface area contributed by atoms with Gasteiger partial charge in [-0.05, 0) is 33.1 Å². The predicted octanol–water partition coefficient (Wildman–Crippen LogP) is 1.35. The zero-order chi connectivity index (χ0) is 18.0. The predicted molar refractivity (Wildman–Crippen MR) is 97.6 cm³/mol. The molecule has 25 heavy (non-hydrogen) atoms. The Kier molecular flexibility index (Phi) is 5.34. The molecule has 1 aliphatic heterocycles. The third kappa shape index (κ3) is 3.67. The van der Waals surface area contributed by atoms with Crippen LogP contribution in [0.1, 0.15) is 36.2 Å². The molecule has 0 bridgehead atoms. The zero-order valence-electron chi connectivity index (χ0n) is 15.6. The van der Waals surface area contributed by atoms with Crippen molar-refractivity contribution >= 4 is 11.6 Å². The van der Waals surface area contributed by atoms with Crippen LogP contribution in [-0.2, 0) is 6.54 Å². The van der Waals surface area contributed by atoms with Crippen LogP contribution in [0.5, 0.6) is 0 Å². The van der Waals surface area contributed by atoms with Crippen LogP contribution in [0.3, 0.4) is 0 Å². The fourth-order valence-corrected chi connectivity index (χ4v) is 3.44. The molecule has 0 spiro atoms. The summed E-state index contributed by atoms with van der Waals surface area (Å²) in [6.07, 6.45) is 6.48. The highest BCUT2D eigenvalue weighted by molar-refractivity contribution is 5.99. The molecule has 7 heteroatoms. The van der Waals surface area contributed by atoms with Gasteiger partial charge in [-0.15, -0.1) is 0 Å². The van der Waals surface area contributed by atoms with Crippen LogP contribution in [-0.4, -0.2) is 81.5 Å². The molecule has 1 aliphatic rings. The van der Waals surface area contributed by atoms with Gasteiger partial charge in [0.15, 0.2) is 5.65 Å². The van der Waals surface area contributed by atoms with E-state index in [0.29, 0.717) is 11.2 Å². The molecule has 7 nitrogen and oxygen atoms in total. The third-order valence-electron chi connectivity index (χ3n) is 5.18. The van der Waals surface area contributed by atoms with Crippen molar-refractivity contribution in [1.29, 1.82) is 0 Å². The van der Waals surface area contributed by atoms with Crippen molar-refractivity contribution in [2.24, 2.45) is 0 Å². The van der Waals surface area contributed by atoms with Crippen molar-refractivity contribution in [2.75, 3.05) is 40.3 Å². The molecule has 1 saturated heterocycles. The van der Waals surface area contributed by atoms with Crippen LogP contribution in [0.4, 0.5) is 0 Å². The summed E-state index contributed by atoms with van der Waals surface area (Å²) in [6.45, 7) is 9.09. The minimum absolute atomic E-state index is 0.000655. The molecule has 1 unspecified atom stereocenters. The van der Waals surface area contributed by atoms with Gasteiger partial charge in [0.2, 0.25) is 0 Å². The van der Waals surface area contributed by atoms with Crippen LogP contribution in [0.2, 0.25) is 0 Å². The molecule has 0 aliphatic carbocycles. The first-order valence-corrected chi connectivity index (χ1v) is 9.03. The second kappa shape index (κ2) is 7.49. The number of hydrogen-bond acceptors (Lipinski definition) is 5. The van der Waals surface area contributed by atoms with Crippen molar-refractivity contribution in [3.05, 3.63) is 29.7 Å². The Morgan fingerprint density at radius 1 is 1.32 bits per heavy atom. The van der Waals surface area contributed by atoms with E-state index in [1.165, 1.54) is 0 Å². The van der Waals surface area contributed by atoms with E-state index in [9.17, 15) is 4.79 Å². The largest absolute Gasteiger partial charge is 0.337 e. The first-order chi connectivity index (χ1) is 12.0. The van der Waals surface area contributed by atoms with Crippen molar-refractivity contribution in [2.45, 2.75) is 32.9 Å². The minimum Gasteiger partial charge on any atom is -0.337 e. The fourth-order valence-electron chi connectivity index (χ4n) is 3.44. The lowest BCUT2D eigenvalue weighted by Crippen LogP contribution is -2.38. The lowest BCUT2D eigenvalue weighted by molar-refractivity contribution is 0.0739. The number of carbonyl (C=O) groups excluding carboxylic acids is 1. The van der Waals surface area contributed by atoms with Crippen LogP contribution in [0.25, 0.3) is 5.65 Å². The molecular weight excluding hydrogens is 316 g/mol. The average molecular weight is 344 g/mol. The van der Waals surface area contributed by atoms with Gasteiger partial charge in [-0.3, -0.25) is 9.69 Å². The number of fused-ring (bicyclic) bond motifs is 1. The SMILES string of the molecule is CCN(CC)Cc1cnc2c(C(=O)N(C)C3CCN(C)C3)cnn2c1. The number of likely N-dealkylation sites (tertiary alicyclic amines) is 1. The smallest absolute Gasteiger partial charge is 0.259 e. The average Bonchev–Trinajstić information content (AvgIpc) is 3.24. The fraction of sp³-hybridized carbons (Fsp3) is 0.611. The summed E-state index contributed by atoms with van der Waals surface area (Å²) in [4.78, 5) is 23.8. The highest BCUT2D eigenvalue weighted by atomic mass is 16.2. The number of amides is 1. The van der Waals surface area contributed by atoms with Crippen LogP contribution < -0.4 is 0 Å². The van der Waals surface area contributed by atoms with Crippen molar-refractivity contribution in [3.8, 4) is 0 Å². The number of nitrogens with zero attached hydrogens (tertiary/aromatic N) is 6. The Labute approximate surface area is 149 Å². The maximum absolute atomic E-state index is 12.9. The summed E-state index contributed by atoms with van der Waals surface area (Å²) in [5.74, 6) is -0.000655. The number of rotatable bonds is 6. The second-order valence-corrected chi connectivity index (χ2v) is 6.87. The van der Waals surface area contributed by atoms with Gasteiger partial charge in [0.05, 0.1) is 6.20 Å². The summed E-state index contributed by atoms with van der Waals surface area (Å²) in [5.41, 5.74) is 2.31. The summed E-state index contributed by atoms with van der Waals surface area (Å²) >= 11 is 0. The Hall–Kier alpha value is -1.99. The number of hydrogen-bond donors (Lipinski definition) is 0. The van der Waals surface area contributed by atoms with Crippen LogP contribution in [0.15, 0.2) is 18.6 Å². The molecular formula is C18H28N6O. The van der Waals surface area contributed by atoms with E-state index in [0.717, 1.165) is 44.7 Å². The molecule has 3 rings (SSSR count). The van der Waals surface area contributed by atoms with Gasteiger partial charge in [0, 0.05) is 44.1 Å². The number of aromatic nitrogens is 3. The second-order valence-electron chi connectivity index (χ2n) is 6.87. The van der Waals surface area contributed by atoms with Crippen molar-refractivity contribution in [3.63, 3.8) is 0 Å². The summed E-state index contributed by atoms with van der Waals surface area (Å²) in [7, 11) is 3.97. The van der Waals surface area contributed by atoms with E-state index in [1.807, 2.05) is 24.3 Å². The molecule has 2 aromatic heterocycles. The van der Waals surface area contributed by atoms with Gasteiger partial charge in [-0.2, -0.15) is 5.10 Å². The standard InChI is InChI=1S/C18H28N6O/c1-5-23(6-2)11-14-9-19-17-16(10-20-24(17)12-14)18(25)22(4)15-7-8-21(3)13-15/h9-10,12,15H,5-8,11,13H2,1-4H3. The van der Waals surface area contributed by atoms with E-state index in [1.54, 1.807) is 10.7 Å². The molecule has 3 heterocycles. The Morgan fingerprint density at radius 3 is 2.72 bits per heavy atom. The molecule has 0 radical (unpaired) electrons. The van der Waals surface area contributed by atoms with E-state index in [2.05, 4.69) is 40.8 Å². The normalized spacial score (nSPS) is 18.4. The lowest BCUT2D eigenvalue weighted by atomic mass is 10.2. The highest BCUT2D eigenvalue weighted by Gasteiger charge is 2.28. The third-order valence-corrected chi connectivity index (χ3v) is 5.18. The summed E-state index contributed by atoms with van der Waals surface area (Å²) in [5, 5.41) is 4.36. The monoisotopic (exact) mass is 344 g/mol. The quantitative estimate of drug-likeness (QED) is 0.792. The first kappa shape index (κ1) is 17.8. The van der Waals surface area contributed by atoms with E-state index < -0.39 is 0 Å². The zero-order valence-corrected chi connectivity index (χ0v) is 15.6. The first-order valence-electron chi connectivity index (χ1n) is 9.03.